The number of hydrogen-bond donors (Lipinski definition) is 2. The molecule has 1 aromatic heterocycles. The zero-order chi connectivity index (χ0) is 14.1. The maximum atomic E-state index is 12.2. The van der Waals surface area contributed by atoms with Gasteiger partial charge in [0.25, 0.3) is 5.91 Å². The number of nitrogens with one attached hydrogen (secondary N) is 2. The standard InChI is InChI=1S/C14H15BrN4O/c1-8-3-2-4-10(11(8)15)7-16-14(20)13-12(9-5-6-9)17-19-18-13/h2-4,9H,5-7H2,1H3,(H,16,20)(H,17,18,19). The van der Waals surface area contributed by atoms with Crippen LogP contribution in [0.15, 0.2) is 22.7 Å². The highest BCUT2D eigenvalue weighted by molar-refractivity contribution is 9.10. The van der Waals surface area contributed by atoms with Crippen LogP contribution in [0, 0.1) is 6.92 Å². The van der Waals surface area contributed by atoms with Crippen molar-refractivity contribution in [2.75, 3.05) is 0 Å². The smallest absolute Gasteiger partial charge is 0.274 e. The minimum absolute atomic E-state index is 0.172. The van der Waals surface area contributed by atoms with Gasteiger partial charge in [-0.3, -0.25) is 4.79 Å². The van der Waals surface area contributed by atoms with Crippen molar-refractivity contribution < 1.29 is 4.79 Å². The summed E-state index contributed by atoms with van der Waals surface area (Å²) in [6, 6.07) is 5.99. The SMILES string of the molecule is Cc1cccc(CNC(=O)c2n[nH]nc2C2CC2)c1Br. The number of H-pyrrole nitrogens is 1. The first-order chi connectivity index (χ1) is 9.66. The lowest BCUT2D eigenvalue weighted by Crippen LogP contribution is -2.24. The van der Waals surface area contributed by atoms with Crippen LogP contribution in [-0.2, 0) is 6.54 Å². The summed E-state index contributed by atoms with van der Waals surface area (Å²) in [7, 11) is 0. The van der Waals surface area contributed by atoms with Gasteiger partial charge in [0.05, 0.1) is 5.69 Å². The number of aromatic amines is 1. The van der Waals surface area contributed by atoms with E-state index in [0.29, 0.717) is 18.2 Å². The third kappa shape index (κ3) is 2.60. The Bertz CT molecular complexity index is 648. The molecule has 5 nitrogen and oxygen atoms in total. The van der Waals surface area contributed by atoms with E-state index in [1.807, 2.05) is 25.1 Å². The van der Waals surface area contributed by atoms with Crippen molar-refractivity contribution in [3.63, 3.8) is 0 Å². The second kappa shape index (κ2) is 5.36. The molecule has 1 aliphatic carbocycles. The molecule has 1 saturated carbocycles. The van der Waals surface area contributed by atoms with Gasteiger partial charge in [-0.2, -0.15) is 15.4 Å². The molecule has 0 saturated heterocycles. The van der Waals surface area contributed by atoms with Crippen molar-refractivity contribution in [1.82, 2.24) is 20.7 Å². The van der Waals surface area contributed by atoms with Crippen molar-refractivity contribution >= 4 is 21.8 Å². The van der Waals surface area contributed by atoms with Crippen LogP contribution in [0.3, 0.4) is 0 Å². The maximum absolute atomic E-state index is 12.2. The number of hydrogen-bond acceptors (Lipinski definition) is 3. The topological polar surface area (TPSA) is 70.7 Å². The van der Waals surface area contributed by atoms with Crippen LogP contribution in [0.5, 0.6) is 0 Å². The quantitative estimate of drug-likeness (QED) is 0.902. The molecular formula is C14H15BrN4O. The van der Waals surface area contributed by atoms with Crippen molar-refractivity contribution in [3.05, 3.63) is 45.2 Å². The minimum Gasteiger partial charge on any atom is -0.346 e. The highest BCUT2D eigenvalue weighted by Gasteiger charge is 2.31. The van der Waals surface area contributed by atoms with Crippen LogP contribution in [0.1, 0.15) is 46.1 Å². The minimum atomic E-state index is -0.172. The van der Waals surface area contributed by atoms with Gasteiger partial charge in [0.15, 0.2) is 5.69 Å². The number of carbonyl (C=O) groups excluding carboxylic acids is 1. The third-order valence-corrected chi connectivity index (χ3v) is 4.60. The first kappa shape index (κ1) is 13.3. The van der Waals surface area contributed by atoms with E-state index in [-0.39, 0.29) is 5.91 Å². The van der Waals surface area contributed by atoms with Crippen molar-refractivity contribution in [3.8, 4) is 0 Å². The van der Waals surface area contributed by atoms with Gasteiger partial charge in [-0.25, -0.2) is 0 Å². The summed E-state index contributed by atoms with van der Waals surface area (Å²) in [6.45, 7) is 2.50. The van der Waals surface area contributed by atoms with Crippen molar-refractivity contribution in [1.29, 1.82) is 0 Å². The first-order valence-corrected chi connectivity index (χ1v) is 7.39. The molecule has 104 valence electrons. The summed E-state index contributed by atoms with van der Waals surface area (Å²) < 4.78 is 1.03. The largest absolute Gasteiger partial charge is 0.346 e. The Labute approximate surface area is 125 Å². The Hall–Kier alpha value is -1.69. The molecule has 0 spiro atoms. The number of nitrogens with zero attached hydrogens (tertiary/aromatic N) is 2. The number of amides is 1. The predicted molar refractivity (Wildman–Crippen MR) is 78.4 cm³/mol. The summed E-state index contributed by atoms with van der Waals surface area (Å²) in [5, 5.41) is 13.5. The molecular weight excluding hydrogens is 320 g/mol. The van der Waals surface area contributed by atoms with E-state index < -0.39 is 0 Å². The monoisotopic (exact) mass is 334 g/mol. The fraction of sp³-hybridized carbons (Fsp3) is 0.357. The van der Waals surface area contributed by atoms with Gasteiger partial charge in [0.2, 0.25) is 0 Å². The molecule has 2 aromatic rings. The van der Waals surface area contributed by atoms with E-state index in [9.17, 15) is 4.79 Å². The van der Waals surface area contributed by atoms with Gasteiger partial charge in [0.1, 0.15) is 0 Å². The molecule has 0 aliphatic heterocycles. The van der Waals surface area contributed by atoms with Crippen LogP contribution in [0.2, 0.25) is 0 Å². The Morgan fingerprint density at radius 3 is 3.00 bits per heavy atom. The summed E-state index contributed by atoms with van der Waals surface area (Å²) in [6.07, 6.45) is 2.19. The fourth-order valence-electron chi connectivity index (χ4n) is 2.15. The van der Waals surface area contributed by atoms with Crippen LogP contribution < -0.4 is 5.32 Å². The predicted octanol–water partition coefficient (Wildman–Crippen LogP) is 2.68. The van der Waals surface area contributed by atoms with Gasteiger partial charge in [-0.1, -0.05) is 34.1 Å². The molecule has 2 N–H and O–H groups in total. The highest BCUT2D eigenvalue weighted by Crippen LogP contribution is 2.39. The number of benzene rings is 1. The second-order valence-corrected chi connectivity index (χ2v) is 5.86. The molecule has 1 aromatic carbocycles. The number of aromatic nitrogens is 3. The maximum Gasteiger partial charge on any atom is 0.274 e. The Kier molecular flexibility index (Phi) is 3.56. The molecule has 0 unspecified atom stereocenters. The van der Waals surface area contributed by atoms with E-state index in [0.717, 1.165) is 34.1 Å². The van der Waals surface area contributed by atoms with Gasteiger partial charge in [-0.05, 0) is 30.9 Å². The van der Waals surface area contributed by atoms with Crippen molar-refractivity contribution in [2.45, 2.75) is 32.2 Å². The second-order valence-electron chi connectivity index (χ2n) is 5.06. The average molecular weight is 335 g/mol. The molecule has 0 bridgehead atoms. The molecule has 1 fully saturated rings. The molecule has 0 radical (unpaired) electrons. The fourth-order valence-corrected chi connectivity index (χ4v) is 2.56. The number of rotatable bonds is 4. The Morgan fingerprint density at radius 1 is 1.45 bits per heavy atom. The van der Waals surface area contributed by atoms with Crippen molar-refractivity contribution in [2.24, 2.45) is 0 Å². The first-order valence-electron chi connectivity index (χ1n) is 6.59. The molecule has 1 aliphatic rings. The van der Waals surface area contributed by atoms with E-state index >= 15 is 0 Å². The number of carbonyl (C=O) groups is 1. The molecule has 0 atom stereocenters. The summed E-state index contributed by atoms with van der Waals surface area (Å²) >= 11 is 3.54. The van der Waals surface area contributed by atoms with Crippen LogP contribution in [0.4, 0.5) is 0 Å². The van der Waals surface area contributed by atoms with Gasteiger partial charge in [0, 0.05) is 16.9 Å². The van der Waals surface area contributed by atoms with Gasteiger partial charge >= 0.3 is 0 Å². The van der Waals surface area contributed by atoms with E-state index in [1.54, 1.807) is 0 Å². The summed E-state index contributed by atoms with van der Waals surface area (Å²) in [4.78, 5) is 12.2. The molecule has 3 rings (SSSR count). The molecule has 1 amide bonds. The molecule has 1 heterocycles. The summed E-state index contributed by atoms with van der Waals surface area (Å²) in [5.41, 5.74) is 3.42. The van der Waals surface area contributed by atoms with E-state index in [2.05, 4.69) is 36.7 Å². The number of aryl methyl sites for hydroxylation is 1. The van der Waals surface area contributed by atoms with Gasteiger partial charge in [-0.15, -0.1) is 0 Å². The number of halogens is 1. The summed E-state index contributed by atoms with van der Waals surface area (Å²) in [5.74, 6) is 0.231. The molecule has 20 heavy (non-hydrogen) atoms. The van der Waals surface area contributed by atoms with Gasteiger partial charge < -0.3 is 5.32 Å². The lowest BCUT2D eigenvalue weighted by atomic mass is 10.1. The lowest BCUT2D eigenvalue weighted by molar-refractivity contribution is 0.0944. The normalized spacial score (nSPS) is 14.3. The lowest BCUT2D eigenvalue weighted by Gasteiger charge is -2.08. The van der Waals surface area contributed by atoms with Crippen LogP contribution >= 0.6 is 15.9 Å². The Balaban J connectivity index is 1.70. The Morgan fingerprint density at radius 2 is 2.25 bits per heavy atom. The van der Waals surface area contributed by atoms with Crippen LogP contribution in [-0.4, -0.2) is 21.3 Å². The average Bonchev–Trinajstić information content (AvgIpc) is 3.17. The van der Waals surface area contributed by atoms with E-state index in [4.69, 9.17) is 0 Å². The zero-order valence-corrected chi connectivity index (χ0v) is 12.7. The van der Waals surface area contributed by atoms with Crippen LogP contribution in [0.25, 0.3) is 0 Å². The third-order valence-electron chi connectivity index (χ3n) is 3.47. The molecule has 6 heteroatoms. The highest BCUT2D eigenvalue weighted by atomic mass is 79.9. The van der Waals surface area contributed by atoms with E-state index in [1.165, 1.54) is 0 Å². The zero-order valence-electron chi connectivity index (χ0n) is 11.1.